The van der Waals surface area contributed by atoms with E-state index in [1.165, 1.54) is 12.3 Å². The van der Waals surface area contributed by atoms with Gasteiger partial charge in [-0.3, -0.25) is 0 Å². The Hall–Kier alpha value is -1.43. The molecular formula is C8H8BrFN4. The standard InChI is InChI=1S/C8H8BrFN4/c9-6-3-5(1-2-7(6)10)4-13-14-8(11)12/h1-4H,(H4,11,12,14). The van der Waals surface area contributed by atoms with Crippen LogP contribution in [0.15, 0.2) is 32.9 Å². The fourth-order valence-corrected chi connectivity index (χ4v) is 1.15. The van der Waals surface area contributed by atoms with Crippen LogP contribution in [0.1, 0.15) is 5.56 Å². The van der Waals surface area contributed by atoms with E-state index in [0.29, 0.717) is 10.0 Å². The first-order valence-corrected chi connectivity index (χ1v) is 4.46. The van der Waals surface area contributed by atoms with Crippen molar-refractivity contribution in [1.29, 1.82) is 0 Å². The van der Waals surface area contributed by atoms with Gasteiger partial charge in [-0.05, 0) is 33.6 Å². The van der Waals surface area contributed by atoms with Crippen molar-refractivity contribution in [3.8, 4) is 0 Å². The first kappa shape index (κ1) is 10.6. The molecule has 1 aromatic rings. The molecule has 0 amide bonds. The zero-order chi connectivity index (χ0) is 10.6. The van der Waals surface area contributed by atoms with Crippen molar-refractivity contribution in [2.45, 2.75) is 0 Å². The minimum absolute atomic E-state index is 0.123. The molecule has 14 heavy (non-hydrogen) atoms. The second kappa shape index (κ2) is 4.71. The lowest BCUT2D eigenvalue weighted by Crippen LogP contribution is -2.21. The summed E-state index contributed by atoms with van der Waals surface area (Å²) in [7, 11) is 0. The number of hydrogen-bond acceptors (Lipinski definition) is 2. The van der Waals surface area contributed by atoms with E-state index in [2.05, 4.69) is 26.1 Å². The molecule has 4 N–H and O–H groups in total. The van der Waals surface area contributed by atoms with Gasteiger partial charge in [0.25, 0.3) is 0 Å². The van der Waals surface area contributed by atoms with Gasteiger partial charge in [-0.25, -0.2) is 4.39 Å². The number of guanidine groups is 1. The first-order chi connectivity index (χ1) is 6.59. The summed E-state index contributed by atoms with van der Waals surface area (Å²) in [5, 5.41) is 6.99. The highest BCUT2D eigenvalue weighted by Gasteiger charge is 1.97. The van der Waals surface area contributed by atoms with Crippen molar-refractivity contribution in [1.82, 2.24) is 0 Å². The highest BCUT2D eigenvalue weighted by Crippen LogP contribution is 2.15. The molecule has 0 aliphatic heterocycles. The second-order valence-electron chi connectivity index (χ2n) is 2.44. The molecule has 0 heterocycles. The highest BCUT2D eigenvalue weighted by atomic mass is 79.9. The third-order valence-corrected chi connectivity index (χ3v) is 1.93. The van der Waals surface area contributed by atoms with Crippen LogP contribution in [-0.4, -0.2) is 12.2 Å². The summed E-state index contributed by atoms with van der Waals surface area (Å²) in [6.45, 7) is 0. The summed E-state index contributed by atoms with van der Waals surface area (Å²) in [6, 6.07) is 4.45. The van der Waals surface area contributed by atoms with Crippen molar-refractivity contribution in [3.63, 3.8) is 0 Å². The van der Waals surface area contributed by atoms with Crippen LogP contribution in [0.25, 0.3) is 0 Å². The average Bonchev–Trinajstić information content (AvgIpc) is 2.10. The monoisotopic (exact) mass is 258 g/mol. The summed E-state index contributed by atoms with van der Waals surface area (Å²) < 4.78 is 13.2. The molecule has 0 saturated heterocycles. The maximum atomic E-state index is 12.8. The number of nitrogens with zero attached hydrogens (tertiary/aromatic N) is 2. The SMILES string of the molecule is NC(N)=NN=Cc1ccc(F)c(Br)c1. The fourth-order valence-electron chi connectivity index (χ4n) is 0.755. The van der Waals surface area contributed by atoms with E-state index < -0.39 is 0 Å². The topological polar surface area (TPSA) is 76.8 Å². The molecule has 1 aromatic carbocycles. The normalized spacial score (nSPS) is 10.4. The fraction of sp³-hybridized carbons (Fsp3) is 0. The third kappa shape index (κ3) is 3.14. The molecule has 4 nitrogen and oxygen atoms in total. The van der Waals surface area contributed by atoms with Crippen LogP contribution in [-0.2, 0) is 0 Å². The Balaban J connectivity index is 2.83. The van der Waals surface area contributed by atoms with E-state index in [1.807, 2.05) is 0 Å². The Kier molecular flexibility index (Phi) is 3.58. The minimum Gasteiger partial charge on any atom is -0.369 e. The van der Waals surface area contributed by atoms with Crippen LogP contribution in [0.2, 0.25) is 0 Å². The quantitative estimate of drug-likeness (QED) is 0.475. The lowest BCUT2D eigenvalue weighted by Gasteiger charge is -1.94. The number of halogens is 2. The van der Waals surface area contributed by atoms with Crippen LogP contribution in [0, 0.1) is 5.82 Å². The van der Waals surface area contributed by atoms with Gasteiger partial charge in [0.15, 0.2) is 0 Å². The van der Waals surface area contributed by atoms with Gasteiger partial charge < -0.3 is 11.5 Å². The molecular weight excluding hydrogens is 251 g/mol. The van der Waals surface area contributed by atoms with Crippen molar-refractivity contribution >= 4 is 28.1 Å². The maximum absolute atomic E-state index is 12.8. The number of nitrogens with two attached hydrogens (primary N) is 2. The molecule has 0 aliphatic carbocycles. The van der Waals surface area contributed by atoms with Crippen LogP contribution in [0.4, 0.5) is 4.39 Å². The summed E-state index contributed by atoms with van der Waals surface area (Å²) in [5.41, 5.74) is 10.8. The van der Waals surface area contributed by atoms with Gasteiger partial charge in [-0.2, -0.15) is 5.10 Å². The largest absolute Gasteiger partial charge is 0.369 e. The van der Waals surface area contributed by atoms with Gasteiger partial charge in [0.2, 0.25) is 5.96 Å². The molecule has 0 saturated carbocycles. The van der Waals surface area contributed by atoms with Crippen LogP contribution in [0.3, 0.4) is 0 Å². The molecule has 0 atom stereocenters. The number of hydrogen-bond donors (Lipinski definition) is 2. The third-order valence-electron chi connectivity index (χ3n) is 1.32. The van der Waals surface area contributed by atoms with Gasteiger partial charge in [0.05, 0.1) is 10.7 Å². The molecule has 0 bridgehead atoms. The Labute approximate surface area is 88.6 Å². The van der Waals surface area contributed by atoms with Gasteiger partial charge in [0, 0.05) is 0 Å². The van der Waals surface area contributed by atoms with Crippen LogP contribution in [0.5, 0.6) is 0 Å². The van der Waals surface area contributed by atoms with Gasteiger partial charge in [-0.1, -0.05) is 6.07 Å². The molecule has 6 heteroatoms. The van der Waals surface area contributed by atoms with Crippen molar-refractivity contribution < 1.29 is 4.39 Å². The van der Waals surface area contributed by atoms with Crippen LogP contribution >= 0.6 is 15.9 Å². The summed E-state index contributed by atoms with van der Waals surface area (Å²) in [5.74, 6) is -0.452. The molecule has 0 aliphatic rings. The predicted molar refractivity (Wildman–Crippen MR) is 57.5 cm³/mol. The van der Waals surface area contributed by atoms with E-state index in [-0.39, 0.29) is 11.8 Å². The minimum atomic E-state index is -0.330. The summed E-state index contributed by atoms with van der Waals surface area (Å²) in [6.07, 6.45) is 1.42. The van der Waals surface area contributed by atoms with Gasteiger partial charge >= 0.3 is 0 Å². The zero-order valence-corrected chi connectivity index (χ0v) is 8.70. The Bertz CT molecular complexity index is 385. The van der Waals surface area contributed by atoms with Gasteiger partial charge in [-0.15, -0.1) is 5.10 Å². The van der Waals surface area contributed by atoms with Crippen LogP contribution < -0.4 is 11.5 Å². The van der Waals surface area contributed by atoms with E-state index in [4.69, 9.17) is 11.5 Å². The zero-order valence-electron chi connectivity index (χ0n) is 7.11. The lowest BCUT2D eigenvalue weighted by atomic mass is 10.2. The van der Waals surface area contributed by atoms with Crippen molar-refractivity contribution in [2.24, 2.45) is 21.7 Å². The summed E-state index contributed by atoms with van der Waals surface area (Å²) in [4.78, 5) is 0. The molecule has 0 spiro atoms. The Morgan fingerprint density at radius 2 is 2.14 bits per heavy atom. The molecule has 0 aromatic heterocycles. The average molecular weight is 259 g/mol. The highest BCUT2D eigenvalue weighted by molar-refractivity contribution is 9.10. The summed E-state index contributed by atoms with van der Waals surface area (Å²) >= 11 is 3.05. The van der Waals surface area contributed by atoms with E-state index in [1.54, 1.807) is 12.1 Å². The van der Waals surface area contributed by atoms with E-state index in [9.17, 15) is 4.39 Å². The molecule has 0 fully saturated rings. The smallest absolute Gasteiger partial charge is 0.211 e. The second-order valence-corrected chi connectivity index (χ2v) is 3.30. The van der Waals surface area contributed by atoms with E-state index in [0.717, 1.165) is 0 Å². The van der Waals surface area contributed by atoms with Crippen molar-refractivity contribution in [2.75, 3.05) is 0 Å². The number of benzene rings is 1. The molecule has 1 rings (SSSR count). The number of rotatable bonds is 2. The van der Waals surface area contributed by atoms with E-state index >= 15 is 0 Å². The Morgan fingerprint density at radius 3 is 2.71 bits per heavy atom. The molecule has 0 unspecified atom stereocenters. The molecule has 0 radical (unpaired) electrons. The van der Waals surface area contributed by atoms with Gasteiger partial charge in [0.1, 0.15) is 5.82 Å². The first-order valence-electron chi connectivity index (χ1n) is 3.66. The molecule has 74 valence electrons. The lowest BCUT2D eigenvalue weighted by molar-refractivity contribution is 0.621. The maximum Gasteiger partial charge on any atom is 0.211 e. The Morgan fingerprint density at radius 1 is 1.43 bits per heavy atom. The van der Waals surface area contributed by atoms with Crippen molar-refractivity contribution in [3.05, 3.63) is 34.1 Å². The predicted octanol–water partition coefficient (Wildman–Crippen LogP) is 1.20.